The number of aliphatic hydroxyl groups is 1. The lowest BCUT2D eigenvalue weighted by Gasteiger charge is -2.36. The van der Waals surface area contributed by atoms with Crippen molar-refractivity contribution in [3.63, 3.8) is 0 Å². The number of ether oxygens (including phenoxy) is 1. The molecule has 138 valence electrons. The highest BCUT2D eigenvalue weighted by Crippen LogP contribution is 2.34. The standard InChI is InChI=1S/C17H31N3O4/c1-3-5-17(13-21)6-8-19(12-17)15(22)16(23)20-9-7-18-11-14(20)4-10-24-2/h14,18,21H,3-13H2,1-2H3. The third-order valence-electron chi connectivity index (χ3n) is 5.29. The fraction of sp³-hybridized carbons (Fsp3) is 0.882. The molecule has 2 aliphatic rings. The van der Waals surface area contributed by atoms with Gasteiger partial charge in [0, 0.05) is 57.9 Å². The Kier molecular flexibility index (Phi) is 7.01. The van der Waals surface area contributed by atoms with Crippen molar-refractivity contribution < 1.29 is 19.4 Å². The molecule has 0 saturated carbocycles. The van der Waals surface area contributed by atoms with Crippen LogP contribution in [0.15, 0.2) is 0 Å². The minimum atomic E-state index is -0.425. The average Bonchev–Trinajstić information content (AvgIpc) is 3.04. The maximum atomic E-state index is 12.7. The number of carbonyl (C=O) groups excluding carboxylic acids is 2. The van der Waals surface area contributed by atoms with Gasteiger partial charge in [0.05, 0.1) is 6.61 Å². The molecular formula is C17H31N3O4. The van der Waals surface area contributed by atoms with Crippen molar-refractivity contribution in [2.75, 3.05) is 53.0 Å². The van der Waals surface area contributed by atoms with E-state index in [9.17, 15) is 14.7 Å². The normalized spacial score (nSPS) is 27.5. The summed E-state index contributed by atoms with van der Waals surface area (Å²) in [5, 5.41) is 13.0. The van der Waals surface area contributed by atoms with Gasteiger partial charge in [0.2, 0.25) is 0 Å². The van der Waals surface area contributed by atoms with Crippen LogP contribution in [0.4, 0.5) is 0 Å². The zero-order valence-corrected chi connectivity index (χ0v) is 14.9. The van der Waals surface area contributed by atoms with Crippen LogP contribution < -0.4 is 5.32 Å². The molecule has 2 rings (SSSR count). The van der Waals surface area contributed by atoms with E-state index in [0.29, 0.717) is 39.3 Å². The number of aliphatic hydroxyl groups excluding tert-OH is 1. The predicted octanol–water partition coefficient (Wildman–Crippen LogP) is -0.166. The van der Waals surface area contributed by atoms with Crippen molar-refractivity contribution in [1.82, 2.24) is 15.1 Å². The molecule has 0 radical (unpaired) electrons. The Hall–Kier alpha value is -1.18. The monoisotopic (exact) mass is 341 g/mol. The molecular weight excluding hydrogens is 310 g/mol. The van der Waals surface area contributed by atoms with E-state index in [1.807, 2.05) is 0 Å². The Bertz CT molecular complexity index is 446. The first-order valence-corrected chi connectivity index (χ1v) is 8.97. The summed E-state index contributed by atoms with van der Waals surface area (Å²) in [5.74, 6) is -0.839. The van der Waals surface area contributed by atoms with Gasteiger partial charge in [0.15, 0.2) is 0 Å². The smallest absolute Gasteiger partial charge is 0.312 e. The van der Waals surface area contributed by atoms with E-state index >= 15 is 0 Å². The highest BCUT2D eigenvalue weighted by Gasteiger charge is 2.42. The van der Waals surface area contributed by atoms with Gasteiger partial charge >= 0.3 is 11.8 Å². The molecule has 7 nitrogen and oxygen atoms in total. The topological polar surface area (TPSA) is 82.1 Å². The van der Waals surface area contributed by atoms with E-state index in [1.165, 1.54) is 0 Å². The van der Waals surface area contributed by atoms with Crippen molar-refractivity contribution in [3.8, 4) is 0 Å². The zero-order chi connectivity index (χ0) is 17.6. The van der Waals surface area contributed by atoms with E-state index in [-0.39, 0.29) is 18.1 Å². The summed E-state index contributed by atoms with van der Waals surface area (Å²) in [4.78, 5) is 28.7. The van der Waals surface area contributed by atoms with Crippen molar-refractivity contribution in [2.45, 2.75) is 38.6 Å². The summed E-state index contributed by atoms with van der Waals surface area (Å²) in [6, 6.07) is -0.00371. The molecule has 2 amide bonds. The number of amides is 2. The van der Waals surface area contributed by atoms with Gasteiger partial charge in [-0.1, -0.05) is 13.3 Å². The van der Waals surface area contributed by atoms with Crippen molar-refractivity contribution in [2.24, 2.45) is 5.41 Å². The summed E-state index contributed by atoms with van der Waals surface area (Å²) in [7, 11) is 1.64. The van der Waals surface area contributed by atoms with Crippen LogP contribution in [0.2, 0.25) is 0 Å². The molecule has 0 aromatic carbocycles. The van der Waals surface area contributed by atoms with E-state index in [1.54, 1.807) is 16.9 Å². The number of nitrogens with zero attached hydrogens (tertiary/aromatic N) is 2. The number of hydrogen-bond acceptors (Lipinski definition) is 5. The first-order valence-electron chi connectivity index (χ1n) is 8.97. The summed E-state index contributed by atoms with van der Waals surface area (Å²) < 4.78 is 5.11. The van der Waals surface area contributed by atoms with Gasteiger partial charge in [0.1, 0.15) is 0 Å². The quantitative estimate of drug-likeness (QED) is 0.656. The largest absolute Gasteiger partial charge is 0.396 e. The Morgan fingerprint density at radius 1 is 1.33 bits per heavy atom. The molecule has 0 spiro atoms. The molecule has 0 aromatic heterocycles. The van der Waals surface area contributed by atoms with Crippen LogP contribution in [0.1, 0.15) is 32.6 Å². The van der Waals surface area contributed by atoms with Crippen molar-refractivity contribution in [1.29, 1.82) is 0 Å². The van der Waals surface area contributed by atoms with Crippen LogP contribution in [0.25, 0.3) is 0 Å². The van der Waals surface area contributed by atoms with E-state index in [4.69, 9.17) is 4.74 Å². The lowest BCUT2D eigenvalue weighted by Crippen LogP contribution is -2.57. The molecule has 2 saturated heterocycles. The van der Waals surface area contributed by atoms with Gasteiger partial charge in [-0.15, -0.1) is 0 Å². The first kappa shape index (κ1) is 19.1. The number of rotatable bonds is 6. The van der Waals surface area contributed by atoms with E-state index in [0.717, 1.165) is 25.7 Å². The van der Waals surface area contributed by atoms with Crippen LogP contribution in [-0.4, -0.2) is 85.8 Å². The molecule has 2 fully saturated rings. The second-order valence-electron chi connectivity index (χ2n) is 7.02. The van der Waals surface area contributed by atoms with Crippen LogP contribution in [-0.2, 0) is 14.3 Å². The molecule has 2 unspecified atom stereocenters. The maximum Gasteiger partial charge on any atom is 0.312 e. The van der Waals surface area contributed by atoms with E-state index < -0.39 is 11.8 Å². The molecule has 0 aromatic rings. The second-order valence-corrected chi connectivity index (χ2v) is 7.02. The van der Waals surface area contributed by atoms with Crippen LogP contribution in [0.5, 0.6) is 0 Å². The lowest BCUT2D eigenvalue weighted by atomic mass is 9.83. The van der Waals surface area contributed by atoms with Crippen LogP contribution in [0, 0.1) is 5.41 Å². The fourth-order valence-corrected chi connectivity index (χ4v) is 3.85. The summed E-state index contributed by atoms with van der Waals surface area (Å²) in [6.45, 7) is 5.70. The molecule has 2 aliphatic heterocycles. The fourth-order valence-electron chi connectivity index (χ4n) is 3.85. The van der Waals surface area contributed by atoms with Crippen LogP contribution >= 0.6 is 0 Å². The van der Waals surface area contributed by atoms with E-state index in [2.05, 4.69) is 12.2 Å². The molecule has 0 bridgehead atoms. The number of likely N-dealkylation sites (tertiary alicyclic amines) is 1. The van der Waals surface area contributed by atoms with Crippen molar-refractivity contribution >= 4 is 11.8 Å². The Labute approximate surface area is 144 Å². The minimum Gasteiger partial charge on any atom is -0.396 e. The lowest BCUT2D eigenvalue weighted by molar-refractivity contribution is -0.153. The first-order chi connectivity index (χ1) is 11.6. The summed E-state index contributed by atoms with van der Waals surface area (Å²) in [6.07, 6.45) is 3.34. The number of methoxy groups -OCH3 is 1. The summed E-state index contributed by atoms with van der Waals surface area (Å²) in [5.41, 5.74) is -0.233. The second kappa shape index (κ2) is 8.78. The molecule has 2 N–H and O–H groups in total. The van der Waals surface area contributed by atoms with Gasteiger partial charge < -0.3 is 25.0 Å². The number of nitrogens with one attached hydrogen (secondary N) is 1. The predicted molar refractivity (Wildman–Crippen MR) is 90.5 cm³/mol. The Balaban J connectivity index is 1.99. The van der Waals surface area contributed by atoms with Gasteiger partial charge in [0.25, 0.3) is 0 Å². The Morgan fingerprint density at radius 3 is 2.79 bits per heavy atom. The van der Waals surface area contributed by atoms with Crippen LogP contribution in [0.3, 0.4) is 0 Å². The molecule has 2 heterocycles. The zero-order valence-electron chi connectivity index (χ0n) is 14.9. The van der Waals surface area contributed by atoms with Crippen molar-refractivity contribution in [3.05, 3.63) is 0 Å². The third-order valence-corrected chi connectivity index (χ3v) is 5.29. The maximum absolute atomic E-state index is 12.7. The average molecular weight is 341 g/mol. The van der Waals surface area contributed by atoms with Gasteiger partial charge in [-0.2, -0.15) is 0 Å². The van der Waals surface area contributed by atoms with Gasteiger partial charge in [-0.25, -0.2) is 0 Å². The Morgan fingerprint density at radius 2 is 2.12 bits per heavy atom. The highest BCUT2D eigenvalue weighted by molar-refractivity contribution is 6.35. The van der Waals surface area contributed by atoms with Gasteiger partial charge in [-0.05, 0) is 19.3 Å². The number of piperazine rings is 1. The molecule has 7 heteroatoms. The summed E-state index contributed by atoms with van der Waals surface area (Å²) >= 11 is 0. The highest BCUT2D eigenvalue weighted by atomic mass is 16.5. The molecule has 24 heavy (non-hydrogen) atoms. The molecule has 0 aliphatic carbocycles. The number of hydrogen-bond donors (Lipinski definition) is 2. The third kappa shape index (κ3) is 4.26. The SMILES string of the molecule is CCCC1(CO)CCN(C(=O)C(=O)N2CCNCC2CCOC)C1. The number of carbonyl (C=O) groups is 2. The molecule has 2 atom stereocenters. The minimum absolute atomic E-state index is 0.00371. The van der Waals surface area contributed by atoms with Gasteiger partial charge in [-0.3, -0.25) is 9.59 Å².